The molecule has 5 rings (SSSR count). The molecule has 6 nitrogen and oxygen atoms in total. The minimum Gasteiger partial charge on any atom is -0.503 e. The maximum absolute atomic E-state index is 13.5. The van der Waals surface area contributed by atoms with Gasteiger partial charge in [0.2, 0.25) is 5.78 Å². The molecule has 0 saturated carbocycles. The first-order valence-corrected chi connectivity index (χ1v) is 10.8. The van der Waals surface area contributed by atoms with E-state index in [1.807, 2.05) is 6.07 Å². The number of anilines is 1. The number of Topliss-reactive ketones (excluding diaryl/α,β-unsaturated/α-hetero) is 1. The average molecular weight is 513 g/mol. The van der Waals surface area contributed by atoms with E-state index in [4.69, 9.17) is 20.4 Å². The van der Waals surface area contributed by atoms with Crippen LogP contribution in [0.2, 0.25) is 5.02 Å². The van der Waals surface area contributed by atoms with Crippen LogP contribution in [0.1, 0.15) is 27.9 Å². The maximum Gasteiger partial charge on any atom is 0.294 e. The maximum atomic E-state index is 13.5. The fourth-order valence-electron chi connectivity index (χ4n) is 3.95. The zero-order valence-corrected chi connectivity index (χ0v) is 19.0. The molecule has 1 atom stereocenters. The lowest BCUT2D eigenvalue weighted by Gasteiger charge is -2.26. The number of aliphatic hydroxyl groups excluding tert-OH is 1. The molecule has 160 valence electrons. The van der Waals surface area contributed by atoms with Gasteiger partial charge in [-0.15, -0.1) is 0 Å². The Kier molecular flexibility index (Phi) is 4.95. The Balaban J connectivity index is 1.65. The summed E-state index contributed by atoms with van der Waals surface area (Å²) in [6.45, 7) is 1.79. The van der Waals surface area contributed by atoms with Crippen LogP contribution in [-0.2, 0) is 4.79 Å². The predicted octanol–water partition coefficient (Wildman–Crippen LogP) is 6.53. The first kappa shape index (κ1) is 20.6. The van der Waals surface area contributed by atoms with Gasteiger partial charge in [-0.2, -0.15) is 0 Å². The SMILES string of the molecule is Cc1cc(Cl)ccc1N1C(=O)C(O)=C(C(=O)c2cc3cc(Br)ccc3o2)C1c1ccco1. The first-order valence-electron chi connectivity index (χ1n) is 9.65. The highest BCUT2D eigenvalue weighted by Crippen LogP contribution is 2.43. The molecule has 0 spiro atoms. The summed E-state index contributed by atoms with van der Waals surface area (Å²) in [6, 6.07) is 14.3. The molecule has 0 saturated heterocycles. The molecule has 8 heteroatoms. The van der Waals surface area contributed by atoms with Gasteiger partial charge in [0.25, 0.3) is 5.91 Å². The van der Waals surface area contributed by atoms with Crippen LogP contribution in [0.5, 0.6) is 0 Å². The molecule has 0 bridgehead atoms. The number of nitrogens with zero attached hydrogens (tertiary/aromatic N) is 1. The summed E-state index contributed by atoms with van der Waals surface area (Å²) in [5.41, 5.74) is 1.61. The summed E-state index contributed by atoms with van der Waals surface area (Å²) >= 11 is 9.48. The van der Waals surface area contributed by atoms with Crippen LogP contribution in [0.4, 0.5) is 5.69 Å². The third kappa shape index (κ3) is 3.25. The van der Waals surface area contributed by atoms with Crippen LogP contribution in [-0.4, -0.2) is 16.8 Å². The minimum atomic E-state index is -0.968. The van der Waals surface area contributed by atoms with Crippen LogP contribution < -0.4 is 4.90 Å². The highest BCUT2D eigenvalue weighted by molar-refractivity contribution is 9.10. The number of aryl methyl sites for hydroxylation is 1. The van der Waals surface area contributed by atoms with E-state index in [1.165, 1.54) is 11.2 Å². The van der Waals surface area contributed by atoms with E-state index in [2.05, 4.69) is 15.9 Å². The van der Waals surface area contributed by atoms with Crippen molar-refractivity contribution in [3.63, 3.8) is 0 Å². The minimum absolute atomic E-state index is 0.0127. The monoisotopic (exact) mass is 511 g/mol. The molecule has 0 fully saturated rings. The smallest absolute Gasteiger partial charge is 0.294 e. The second-order valence-electron chi connectivity index (χ2n) is 7.41. The zero-order valence-electron chi connectivity index (χ0n) is 16.6. The highest BCUT2D eigenvalue weighted by Gasteiger charge is 2.47. The van der Waals surface area contributed by atoms with E-state index in [0.717, 1.165) is 4.47 Å². The number of carbonyl (C=O) groups is 2. The number of amides is 1. The number of ketones is 1. The lowest BCUT2D eigenvalue weighted by molar-refractivity contribution is -0.117. The quantitative estimate of drug-likeness (QED) is 0.314. The number of benzene rings is 2. The highest BCUT2D eigenvalue weighted by atomic mass is 79.9. The van der Waals surface area contributed by atoms with Crippen molar-refractivity contribution in [2.75, 3.05) is 4.90 Å². The van der Waals surface area contributed by atoms with E-state index >= 15 is 0 Å². The summed E-state index contributed by atoms with van der Waals surface area (Å²) in [5.74, 6) is -1.61. The Morgan fingerprint density at radius 2 is 1.97 bits per heavy atom. The molecule has 2 aromatic heterocycles. The fraction of sp³-hybridized carbons (Fsp3) is 0.0833. The van der Waals surface area contributed by atoms with Crippen molar-refractivity contribution in [2.45, 2.75) is 13.0 Å². The van der Waals surface area contributed by atoms with Crippen molar-refractivity contribution in [1.82, 2.24) is 0 Å². The molecule has 1 aliphatic heterocycles. The topological polar surface area (TPSA) is 83.9 Å². The normalized spacial score (nSPS) is 16.4. The number of rotatable bonds is 4. The third-order valence-corrected chi connectivity index (χ3v) is 6.11. The standard InChI is InChI=1S/C24H15BrClNO5/c1-12-9-15(26)5-6-16(12)27-21(18-3-2-8-31-18)20(23(29)24(27)30)22(28)19-11-13-10-14(25)4-7-17(13)32-19/h2-11,21,29H,1H3. The van der Waals surface area contributed by atoms with Gasteiger partial charge in [-0.05, 0) is 67.1 Å². The third-order valence-electron chi connectivity index (χ3n) is 5.39. The largest absolute Gasteiger partial charge is 0.503 e. The van der Waals surface area contributed by atoms with Crippen LogP contribution in [0.3, 0.4) is 0 Å². The van der Waals surface area contributed by atoms with Gasteiger partial charge in [0.05, 0.1) is 11.8 Å². The summed E-state index contributed by atoms with van der Waals surface area (Å²) in [7, 11) is 0. The molecule has 1 N–H and O–H groups in total. The second-order valence-corrected chi connectivity index (χ2v) is 8.76. The predicted molar refractivity (Wildman–Crippen MR) is 123 cm³/mol. The second kappa shape index (κ2) is 7.69. The number of fused-ring (bicyclic) bond motifs is 1. The molecule has 32 heavy (non-hydrogen) atoms. The number of hydrogen-bond acceptors (Lipinski definition) is 5. The lowest BCUT2D eigenvalue weighted by Crippen LogP contribution is -2.31. The summed E-state index contributed by atoms with van der Waals surface area (Å²) in [6.07, 6.45) is 1.45. The molecule has 0 aliphatic carbocycles. The van der Waals surface area contributed by atoms with Crippen LogP contribution >= 0.6 is 27.5 Å². The van der Waals surface area contributed by atoms with E-state index in [1.54, 1.807) is 55.5 Å². The van der Waals surface area contributed by atoms with Gasteiger partial charge in [0, 0.05) is 20.6 Å². The van der Waals surface area contributed by atoms with Gasteiger partial charge in [-0.25, -0.2) is 0 Å². The Hall–Kier alpha value is -3.29. The van der Waals surface area contributed by atoms with Crippen molar-refractivity contribution in [3.05, 3.63) is 98.8 Å². The zero-order chi connectivity index (χ0) is 22.6. The van der Waals surface area contributed by atoms with Crippen molar-refractivity contribution in [3.8, 4) is 0 Å². The van der Waals surface area contributed by atoms with E-state index in [9.17, 15) is 14.7 Å². The van der Waals surface area contributed by atoms with Crippen LogP contribution in [0.25, 0.3) is 11.0 Å². The van der Waals surface area contributed by atoms with Gasteiger partial charge in [0.15, 0.2) is 11.5 Å². The Labute approximate surface area is 195 Å². The fourth-order valence-corrected chi connectivity index (χ4v) is 4.56. The summed E-state index contributed by atoms with van der Waals surface area (Å²) < 4.78 is 12.1. The number of carbonyl (C=O) groups excluding carboxylic acids is 2. The molecule has 4 aromatic rings. The van der Waals surface area contributed by atoms with Crippen molar-refractivity contribution >= 4 is 55.9 Å². The molecule has 3 heterocycles. The van der Waals surface area contributed by atoms with Gasteiger partial charge >= 0.3 is 0 Å². The molecular weight excluding hydrogens is 498 g/mol. The van der Waals surface area contributed by atoms with Gasteiger partial charge in [-0.3, -0.25) is 14.5 Å². The van der Waals surface area contributed by atoms with E-state index in [-0.39, 0.29) is 11.3 Å². The van der Waals surface area contributed by atoms with E-state index in [0.29, 0.717) is 33.0 Å². The summed E-state index contributed by atoms with van der Waals surface area (Å²) in [5, 5.41) is 12.0. The Morgan fingerprint density at radius 1 is 1.16 bits per heavy atom. The van der Waals surface area contributed by atoms with Gasteiger partial charge in [-0.1, -0.05) is 27.5 Å². The van der Waals surface area contributed by atoms with Crippen molar-refractivity contribution < 1.29 is 23.5 Å². The lowest BCUT2D eigenvalue weighted by atomic mass is 9.99. The average Bonchev–Trinajstić information content (AvgIpc) is 3.47. The number of hydrogen-bond donors (Lipinski definition) is 1. The number of furan rings is 2. The molecule has 1 unspecified atom stereocenters. The number of halogens is 2. The Bertz CT molecular complexity index is 1420. The number of aliphatic hydroxyl groups is 1. The molecule has 1 aliphatic rings. The van der Waals surface area contributed by atoms with E-state index < -0.39 is 23.5 Å². The molecule has 2 aromatic carbocycles. The van der Waals surface area contributed by atoms with Crippen molar-refractivity contribution in [1.29, 1.82) is 0 Å². The molecular formula is C24H15BrClNO5. The molecule has 1 amide bonds. The van der Waals surface area contributed by atoms with Gasteiger partial charge < -0.3 is 13.9 Å². The summed E-state index contributed by atoms with van der Waals surface area (Å²) in [4.78, 5) is 28.0. The molecule has 0 radical (unpaired) electrons. The van der Waals surface area contributed by atoms with Crippen molar-refractivity contribution in [2.24, 2.45) is 0 Å². The van der Waals surface area contributed by atoms with Gasteiger partial charge in [0.1, 0.15) is 17.4 Å². The Morgan fingerprint density at radius 3 is 2.69 bits per heavy atom. The van der Waals surface area contributed by atoms with Crippen LogP contribution in [0.15, 0.2) is 85.5 Å². The van der Waals surface area contributed by atoms with Crippen LogP contribution in [0, 0.1) is 6.92 Å². The first-order chi connectivity index (χ1) is 15.3.